The van der Waals surface area contributed by atoms with Gasteiger partial charge in [-0.2, -0.15) is 0 Å². The van der Waals surface area contributed by atoms with Crippen molar-refractivity contribution in [2.45, 2.75) is 0 Å². The van der Waals surface area contributed by atoms with E-state index in [1.165, 1.54) is 0 Å². The van der Waals surface area contributed by atoms with Crippen molar-refractivity contribution in [1.29, 1.82) is 0 Å². The summed E-state index contributed by atoms with van der Waals surface area (Å²) in [5.74, 6) is -6.82. The van der Waals surface area contributed by atoms with Crippen molar-refractivity contribution >= 4 is 17.5 Å². The first-order chi connectivity index (χ1) is 9.38. The fourth-order valence-electron chi connectivity index (χ4n) is 1.48. The zero-order chi connectivity index (χ0) is 14.9. The van der Waals surface area contributed by atoms with Crippen LogP contribution >= 0.6 is 0 Å². The first kappa shape index (κ1) is 13.8. The molecule has 1 aromatic carbocycles. The zero-order valence-corrected chi connectivity index (χ0v) is 9.62. The lowest BCUT2D eigenvalue weighted by Gasteiger charge is -2.10. The van der Waals surface area contributed by atoms with Gasteiger partial charge < -0.3 is 10.4 Å². The number of carbonyl (C=O) groups is 1. The summed E-state index contributed by atoms with van der Waals surface area (Å²) in [6.07, 6.45) is 0.683. The Morgan fingerprint density at radius 2 is 1.80 bits per heavy atom. The molecule has 2 aromatic rings. The van der Waals surface area contributed by atoms with Crippen LogP contribution in [0.25, 0.3) is 0 Å². The van der Waals surface area contributed by atoms with E-state index in [9.17, 15) is 22.4 Å². The Hall–Kier alpha value is -2.64. The van der Waals surface area contributed by atoms with Crippen LogP contribution in [0.5, 0.6) is 0 Å². The molecule has 2 rings (SSSR count). The molecule has 1 heterocycles. The molecule has 1 aromatic heterocycles. The summed E-state index contributed by atoms with van der Waals surface area (Å²) in [5.41, 5.74) is -1.25. The number of aromatic nitrogens is 1. The molecule has 0 atom stereocenters. The number of nitrogens with one attached hydrogen (secondary N) is 1. The molecule has 0 aliphatic carbocycles. The van der Waals surface area contributed by atoms with Gasteiger partial charge in [-0.3, -0.25) is 0 Å². The van der Waals surface area contributed by atoms with E-state index in [1.54, 1.807) is 0 Å². The molecular weight excluding hydrogens is 280 g/mol. The molecule has 4 nitrogen and oxygen atoms in total. The number of carboxylic acids is 1. The Balaban J connectivity index is 2.48. The van der Waals surface area contributed by atoms with Crippen molar-refractivity contribution in [3.63, 3.8) is 0 Å². The molecule has 0 bridgehead atoms. The van der Waals surface area contributed by atoms with Gasteiger partial charge in [0, 0.05) is 12.1 Å². The van der Waals surface area contributed by atoms with Crippen LogP contribution in [-0.4, -0.2) is 16.1 Å². The average Bonchev–Trinajstić information content (AvgIpc) is 2.37. The van der Waals surface area contributed by atoms with E-state index in [0.717, 1.165) is 0 Å². The summed E-state index contributed by atoms with van der Waals surface area (Å²) >= 11 is 0. The van der Waals surface area contributed by atoms with Gasteiger partial charge in [-0.1, -0.05) is 0 Å². The number of nitrogens with zero attached hydrogens (tertiary/aromatic N) is 1. The van der Waals surface area contributed by atoms with Gasteiger partial charge in [0.15, 0.2) is 11.6 Å². The molecule has 2 N–H and O–H groups in total. The van der Waals surface area contributed by atoms with Crippen LogP contribution in [0.1, 0.15) is 10.4 Å². The predicted molar refractivity (Wildman–Crippen MR) is 60.8 cm³/mol. The maximum atomic E-state index is 13.4. The van der Waals surface area contributed by atoms with Crippen LogP contribution in [0.2, 0.25) is 0 Å². The number of carboxylic acid groups (broad SMARTS) is 1. The summed E-state index contributed by atoms with van der Waals surface area (Å²) in [5, 5.41) is 11.0. The van der Waals surface area contributed by atoms with Crippen LogP contribution in [0, 0.1) is 23.3 Å². The second-order valence-corrected chi connectivity index (χ2v) is 3.73. The summed E-state index contributed by atoms with van der Waals surface area (Å²) in [6, 6.07) is 1.59. The Bertz CT molecular complexity index is 691. The number of anilines is 2. The number of pyridine rings is 1. The van der Waals surface area contributed by atoms with Crippen molar-refractivity contribution in [2.24, 2.45) is 0 Å². The maximum absolute atomic E-state index is 13.4. The normalized spacial score (nSPS) is 10.4. The monoisotopic (exact) mass is 286 g/mol. The van der Waals surface area contributed by atoms with Gasteiger partial charge in [-0.25, -0.2) is 27.3 Å². The minimum absolute atomic E-state index is 0.330. The lowest BCUT2D eigenvalue weighted by molar-refractivity contribution is 0.0697. The van der Waals surface area contributed by atoms with Crippen LogP contribution in [0.4, 0.5) is 29.1 Å². The van der Waals surface area contributed by atoms with Crippen molar-refractivity contribution < 1.29 is 27.5 Å². The van der Waals surface area contributed by atoms with Gasteiger partial charge in [0.25, 0.3) is 0 Å². The van der Waals surface area contributed by atoms with E-state index in [2.05, 4.69) is 10.3 Å². The van der Waals surface area contributed by atoms with Gasteiger partial charge in [0.2, 0.25) is 0 Å². The Labute approximate surface area is 109 Å². The molecule has 0 saturated heterocycles. The highest BCUT2D eigenvalue weighted by Crippen LogP contribution is 2.24. The number of rotatable bonds is 3. The Kier molecular flexibility index (Phi) is 3.55. The van der Waals surface area contributed by atoms with Gasteiger partial charge in [-0.15, -0.1) is 0 Å². The van der Waals surface area contributed by atoms with E-state index in [4.69, 9.17) is 5.11 Å². The van der Waals surface area contributed by atoms with Gasteiger partial charge >= 0.3 is 5.97 Å². The molecular formula is C12H6F4N2O2. The molecule has 0 fully saturated rings. The molecule has 0 radical (unpaired) electrons. The smallest absolute Gasteiger partial charge is 0.339 e. The van der Waals surface area contributed by atoms with Crippen LogP contribution in [0.3, 0.4) is 0 Å². The number of aromatic carboxylic acids is 1. The fourth-order valence-corrected chi connectivity index (χ4v) is 1.48. The van der Waals surface area contributed by atoms with Crippen molar-refractivity contribution in [1.82, 2.24) is 4.98 Å². The highest BCUT2D eigenvalue weighted by molar-refractivity contribution is 5.93. The van der Waals surface area contributed by atoms with Gasteiger partial charge in [-0.05, 0) is 6.07 Å². The Morgan fingerprint density at radius 1 is 1.10 bits per heavy atom. The lowest BCUT2D eigenvalue weighted by Crippen LogP contribution is -2.07. The zero-order valence-electron chi connectivity index (χ0n) is 9.62. The van der Waals surface area contributed by atoms with Gasteiger partial charge in [0.1, 0.15) is 23.0 Å². The number of halogens is 4. The molecule has 8 heteroatoms. The SMILES string of the molecule is O=C(O)c1cc(F)cnc1Nc1cc(F)cc(F)c1F. The molecule has 0 amide bonds. The molecule has 0 unspecified atom stereocenters. The molecule has 0 saturated carbocycles. The third-order valence-electron chi connectivity index (χ3n) is 2.33. The predicted octanol–water partition coefficient (Wildman–Crippen LogP) is 3.08. The third-order valence-corrected chi connectivity index (χ3v) is 2.33. The first-order valence-electron chi connectivity index (χ1n) is 5.19. The van der Waals surface area contributed by atoms with E-state index in [1.807, 2.05) is 0 Å². The number of hydrogen-bond acceptors (Lipinski definition) is 3. The molecule has 20 heavy (non-hydrogen) atoms. The van der Waals surface area contributed by atoms with E-state index in [0.29, 0.717) is 24.4 Å². The minimum Gasteiger partial charge on any atom is -0.478 e. The average molecular weight is 286 g/mol. The highest BCUT2D eigenvalue weighted by Gasteiger charge is 2.17. The maximum Gasteiger partial charge on any atom is 0.339 e. The summed E-state index contributed by atoms with van der Waals surface area (Å²) < 4.78 is 52.3. The summed E-state index contributed by atoms with van der Waals surface area (Å²) in [4.78, 5) is 14.3. The van der Waals surface area contributed by atoms with Gasteiger partial charge in [0.05, 0.1) is 11.9 Å². The Morgan fingerprint density at radius 3 is 2.45 bits per heavy atom. The topological polar surface area (TPSA) is 62.2 Å². The van der Waals surface area contributed by atoms with Crippen molar-refractivity contribution in [3.8, 4) is 0 Å². The van der Waals surface area contributed by atoms with E-state index in [-0.39, 0.29) is 0 Å². The minimum atomic E-state index is -1.53. The van der Waals surface area contributed by atoms with Crippen molar-refractivity contribution in [2.75, 3.05) is 5.32 Å². The second kappa shape index (κ2) is 5.16. The van der Waals surface area contributed by atoms with E-state index >= 15 is 0 Å². The second-order valence-electron chi connectivity index (χ2n) is 3.73. The van der Waals surface area contributed by atoms with Crippen LogP contribution in [-0.2, 0) is 0 Å². The van der Waals surface area contributed by atoms with Crippen LogP contribution in [0.15, 0.2) is 24.4 Å². The van der Waals surface area contributed by atoms with E-state index < -0.39 is 46.3 Å². The standard InChI is InChI=1S/C12H6F4N2O2/c13-5-2-8(15)10(16)9(3-5)18-11-7(12(19)20)1-6(14)4-17-11/h1-4H,(H,17,18)(H,19,20). The first-order valence-corrected chi connectivity index (χ1v) is 5.19. The number of benzene rings is 1. The quantitative estimate of drug-likeness (QED) is 0.672. The molecule has 0 spiro atoms. The molecule has 0 aliphatic heterocycles. The highest BCUT2D eigenvalue weighted by atomic mass is 19.2. The summed E-state index contributed by atoms with van der Waals surface area (Å²) in [7, 11) is 0. The van der Waals surface area contributed by atoms with Crippen LogP contribution < -0.4 is 5.32 Å². The summed E-state index contributed by atoms with van der Waals surface area (Å²) in [6.45, 7) is 0. The molecule has 104 valence electrons. The molecule has 0 aliphatic rings. The number of hydrogen-bond donors (Lipinski definition) is 2. The van der Waals surface area contributed by atoms with Crippen molar-refractivity contribution in [3.05, 3.63) is 53.2 Å². The largest absolute Gasteiger partial charge is 0.478 e. The lowest BCUT2D eigenvalue weighted by atomic mass is 10.2. The third kappa shape index (κ3) is 2.68. The fraction of sp³-hybridized carbons (Fsp3) is 0.